The Bertz CT molecular complexity index is 457. The van der Waals surface area contributed by atoms with Crippen molar-refractivity contribution >= 4 is 6.03 Å². The fraction of sp³-hybridized carbons (Fsp3) is 0.562. The average molecular weight is 292 g/mol. The van der Waals surface area contributed by atoms with Gasteiger partial charge in [-0.05, 0) is 31.2 Å². The Morgan fingerprint density at radius 2 is 2.19 bits per heavy atom. The highest BCUT2D eigenvalue weighted by molar-refractivity contribution is 5.74. The average Bonchev–Trinajstić information content (AvgIpc) is 3.33. The second kappa shape index (κ2) is 7.88. The maximum absolute atomic E-state index is 11.8. The monoisotopic (exact) mass is 292 g/mol. The number of carbonyl (C=O) groups excluding carboxylic acids is 1. The van der Waals surface area contributed by atoms with E-state index in [2.05, 4.69) is 10.6 Å². The molecule has 0 aromatic heterocycles. The third kappa shape index (κ3) is 5.27. The van der Waals surface area contributed by atoms with Crippen molar-refractivity contribution in [3.05, 3.63) is 29.8 Å². The van der Waals surface area contributed by atoms with Gasteiger partial charge in [0.15, 0.2) is 0 Å². The first-order valence-electron chi connectivity index (χ1n) is 7.58. The quantitative estimate of drug-likeness (QED) is 0.686. The van der Waals surface area contributed by atoms with Crippen molar-refractivity contribution in [1.29, 1.82) is 0 Å². The first-order valence-corrected chi connectivity index (χ1v) is 7.58. The summed E-state index contributed by atoms with van der Waals surface area (Å²) >= 11 is 0. The van der Waals surface area contributed by atoms with E-state index in [0.29, 0.717) is 18.9 Å². The van der Waals surface area contributed by atoms with Crippen LogP contribution in [0.15, 0.2) is 24.3 Å². The van der Waals surface area contributed by atoms with Crippen LogP contribution in [-0.4, -0.2) is 30.4 Å². The Balaban J connectivity index is 1.82. The first kappa shape index (κ1) is 15.6. The van der Waals surface area contributed by atoms with Crippen LogP contribution in [0.2, 0.25) is 0 Å². The lowest BCUT2D eigenvalue weighted by Gasteiger charge is -2.16. The summed E-state index contributed by atoms with van der Waals surface area (Å²) in [5.74, 6) is 1.53. The fourth-order valence-corrected chi connectivity index (χ4v) is 1.97. The van der Waals surface area contributed by atoms with Gasteiger partial charge >= 0.3 is 6.03 Å². The second-order valence-corrected chi connectivity index (χ2v) is 5.48. The Hall–Kier alpha value is -1.75. The number of hydrogen-bond donors (Lipinski definition) is 3. The topological polar surface area (TPSA) is 70.6 Å². The van der Waals surface area contributed by atoms with Crippen molar-refractivity contribution in [3.8, 4) is 5.75 Å². The lowest BCUT2D eigenvalue weighted by atomic mass is 10.2. The molecule has 0 saturated heterocycles. The number of hydrogen-bond acceptors (Lipinski definition) is 3. The molecule has 0 heterocycles. The van der Waals surface area contributed by atoms with Gasteiger partial charge in [0.1, 0.15) is 5.75 Å². The number of aliphatic hydroxyl groups is 1. The van der Waals surface area contributed by atoms with Gasteiger partial charge in [-0.3, -0.25) is 0 Å². The van der Waals surface area contributed by atoms with Gasteiger partial charge < -0.3 is 20.5 Å². The van der Waals surface area contributed by atoms with E-state index in [-0.39, 0.29) is 18.7 Å². The van der Waals surface area contributed by atoms with E-state index in [1.165, 1.54) is 12.8 Å². The Kier molecular flexibility index (Phi) is 5.87. The maximum Gasteiger partial charge on any atom is 0.315 e. The summed E-state index contributed by atoms with van der Waals surface area (Å²) in [7, 11) is 0. The normalized spacial score (nSPS) is 15.3. The molecule has 1 aromatic rings. The first-order chi connectivity index (χ1) is 10.2. The number of ether oxygens (including phenoxy) is 1. The molecule has 3 N–H and O–H groups in total. The van der Waals surface area contributed by atoms with Gasteiger partial charge in [0.05, 0.1) is 19.3 Å². The number of carbonyl (C=O) groups is 1. The lowest BCUT2D eigenvalue weighted by molar-refractivity contribution is 0.214. The van der Waals surface area contributed by atoms with Crippen LogP contribution in [0.4, 0.5) is 4.79 Å². The summed E-state index contributed by atoms with van der Waals surface area (Å²) < 4.78 is 5.81. The van der Waals surface area contributed by atoms with Gasteiger partial charge in [0.25, 0.3) is 0 Å². The number of nitrogens with one attached hydrogen (secondary N) is 2. The maximum atomic E-state index is 11.8. The molecule has 0 radical (unpaired) electrons. The summed E-state index contributed by atoms with van der Waals surface area (Å²) in [6.45, 7) is 3.04. The van der Waals surface area contributed by atoms with Crippen molar-refractivity contribution in [1.82, 2.24) is 10.6 Å². The van der Waals surface area contributed by atoms with Crippen LogP contribution in [0.5, 0.6) is 5.75 Å². The predicted octanol–water partition coefficient (Wildman–Crippen LogP) is 2.05. The van der Waals surface area contributed by atoms with Gasteiger partial charge in [0.2, 0.25) is 0 Å². The zero-order valence-corrected chi connectivity index (χ0v) is 12.5. The molecule has 2 amide bonds. The molecule has 0 spiro atoms. The molecule has 2 rings (SSSR count). The van der Waals surface area contributed by atoms with E-state index >= 15 is 0 Å². The number of benzene rings is 1. The molecule has 1 aliphatic carbocycles. The number of rotatable bonds is 8. The standard InChI is InChI=1S/C16H24N2O3/c1-2-14(10-19)18-16(20)17-9-13-5-3-4-6-15(13)21-11-12-7-8-12/h3-6,12,14,19H,2,7-11H2,1H3,(H2,17,18,20). The molecule has 1 aliphatic rings. The SMILES string of the molecule is CCC(CO)NC(=O)NCc1ccccc1OCC1CC1. The van der Waals surface area contributed by atoms with E-state index in [1.807, 2.05) is 31.2 Å². The molecular weight excluding hydrogens is 268 g/mol. The number of aliphatic hydroxyl groups excluding tert-OH is 1. The summed E-state index contributed by atoms with van der Waals surface area (Å²) in [6, 6.07) is 7.27. The molecule has 5 nitrogen and oxygen atoms in total. The van der Waals surface area contributed by atoms with Gasteiger partial charge in [-0.25, -0.2) is 4.79 Å². The van der Waals surface area contributed by atoms with Crippen molar-refractivity contribution in [3.63, 3.8) is 0 Å². The minimum absolute atomic E-state index is 0.0506. The zero-order chi connectivity index (χ0) is 15.1. The molecule has 1 saturated carbocycles. The van der Waals surface area contributed by atoms with Crippen LogP contribution >= 0.6 is 0 Å². The molecule has 116 valence electrons. The summed E-state index contributed by atoms with van der Waals surface area (Å²) in [4.78, 5) is 11.8. The van der Waals surface area contributed by atoms with Gasteiger partial charge in [-0.15, -0.1) is 0 Å². The van der Waals surface area contributed by atoms with Gasteiger partial charge in [-0.2, -0.15) is 0 Å². The van der Waals surface area contributed by atoms with Gasteiger partial charge in [-0.1, -0.05) is 25.1 Å². The Labute approximate surface area is 125 Å². The molecule has 0 aliphatic heterocycles. The molecule has 1 unspecified atom stereocenters. The van der Waals surface area contributed by atoms with E-state index in [9.17, 15) is 4.79 Å². The van der Waals surface area contributed by atoms with Crippen LogP contribution in [0.1, 0.15) is 31.7 Å². The van der Waals surface area contributed by atoms with Crippen molar-refractivity contribution < 1.29 is 14.6 Å². The molecule has 1 atom stereocenters. The summed E-state index contributed by atoms with van der Waals surface area (Å²) in [6.07, 6.45) is 3.20. The molecular formula is C16H24N2O3. The zero-order valence-electron chi connectivity index (χ0n) is 12.5. The van der Waals surface area contributed by atoms with E-state index in [0.717, 1.165) is 17.9 Å². The largest absolute Gasteiger partial charge is 0.493 e. The third-order valence-corrected chi connectivity index (χ3v) is 3.63. The fourth-order valence-electron chi connectivity index (χ4n) is 1.97. The van der Waals surface area contributed by atoms with E-state index < -0.39 is 0 Å². The number of para-hydroxylation sites is 1. The number of urea groups is 1. The highest BCUT2D eigenvalue weighted by Gasteiger charge is 2.22. The predicted molar refractivity (Wildman–Crippen MR) is 81.2 cm³/mol. The second-order valence-electron chi connectivity index (χ2n) is 5.48. The molecule has 1 fully saturated rings. The molecule has 5 heteroatoms. The molecule has 0 bridgehead atoms. The minimum Gasteiger partial charge on any atom is -0.493 e. The molecule has 1 aromatic carbocycles. The molecule has 21 heavy (non-hydrogen) atoms. The lowest BCUT2D eigenvalue weighted by Crippen LogP contribution is -2.43. The van der Waals surface area contributed by atoms with Gasteiger partial charge in [0, 0.05) is 12.1 Å². The number of amides is 2. The Morgan fingerprint density at radius 3 is 2.86 bits per heavy atom. The highest BCUT2D eigenvalue weighted by atomic mass is 16.5. The van der Waals surface area contributed by atoms with Crippen LogP contribution in [-0.2, 0) is 6.54 Å². The summed E-state index contributed by atoms with van der Waals surface area (Å²) in [5.41, 5.74) is 0.963. The summed E-state index contributed by atoms with van der Waals surface area (Å²) in [5, 5.41) is 14.6. The van der Waals surface area contributed by atoms with Crippen LogP contribution in [0.3, 0.4) is 0 Å². The minimum atomic E-state index is -0.270. The Morgan fingerprint density at radius 1 is 1.43 bits per heavy atom. The van der Waals surface area contributed by atoms with E-state index in [4.69, 9.17) is 9.84 Å². The highest BCUT2D eigenvalue weighted by Crippen LogP contribution is 2.30. The van der Waals surface area contributed by atoms with E-state index in [1.54, 1.807) is 0 Å². The van der Waals surface area contributed by atoms with Crippen molar-refractivity contribution in [2.45, 2.75) is 38.8 Å². The van der Waals surface area contributed by atoms with Crippen LogP contribution in [0, 0.1) is 5.92 Å². The third-order valence-electron chi connectivity index (χ3n) is 3.63. The van der Waals surface area contributed by atoms with Crippen molar-refractivity contribution in [2.24, 2.45) is 5.92 Å². The van der Waals surface area contributed by atoms with Crippen LogP contribution in [0.25, 0.3) is 0 Å². The van der Waals surface area contributed by atoms with Crippen LogP contribution < -0.4 is 15.4 Å². The smallest absolute Gasteiger partial charge is 0.315 e. The van der Waals surface area contributed by atoms with Crippen molar-refractivity contribution in [2.75, 3.05) is 13.2 Å².